The number of hydrogen-bond donors (Lipinski definition) is 0. The van der Waals surface area contributed by atoms with Gasteiger partial charge in [-0.3, -0.25) is 0 Å². The van der Waals surface area contributed by atoms with Crippen LogP contribution in [-0.2, 0) is 23.7 Å². The van der Waals surface area contributed by atoms with Crippen LogP contribution in [0.1, 0.15) is 69.2 Å². The van der Waals surface area contributed by atoms with Gasteiger partial charge in [-0.15, -0.1) is 0 Å². The number of ether oxygens (including phenoxy) is 5. The Balaban J connectivity index is 4.65. The van der Waals surface area contributed by atoms with E-state index in [-0.39, 0.29) is 30.0 Å². The second-order valence-electron chi connectivity index (χ2n) is 8.67. The Morgan fingerprint density at radius 2 is 1.04 bits per heavy atom. The molecule has 0 heterocycles. The van der Waals surface area contributed by atoms with Gasteiger partial charge in [0.05, 0.1) is 55.9 Å². The molecule has 0 radical (unpaired) electrons. The van der Waals surface area contributed by atoms with Crippen molar-refractivity contribution >= 4 is 0 Å². The molecule has 152 valence electrons. The summed E-state index contributed by atoms with van der Waals surface area (Å²) in [6.07, 6.45) is 0.354. The smallest absolute Gasteiger partial charge is 0.105 e. The fourth-order valence-electron chi connectivity index (χ4n) is 2.00. The number of rotatable bonds is 14. The summed E-state index contributed by atoms with van der Waals surface area (Å²) in [7, 11) is 0. The first-order chi connectivity index (χ1) is 11.3. The molecule has 0 saturated carbocycles. The predicted octanol–water partition coefficient (Wildman–Crippen LogP) is 4.22. The molecule has 0 aliphatic carbocycles. The van der Waals surface area contributed by atoms with E-state index in [1.54, 1.807) is 0 Å². The van der Waals surface area contributed by atoms with Crippen LogP contribution in [0.15, 0.2) is 0 Å². The minimum Gasteiger partial charge on any atom is -0.376 e. The van der Waals surface area contributed by atoms with Crippen LogP contribution in [0.5, 0.6) is 0 Å². The molecule has 0 aromatic heterocycles. The van der Waals surface area contributed by atoms with Crippen LogP contribution in [0.3, 0.4) is 0 Å². The first kappa shape index (κ1) is 24.8. The van der Waals surface area contributed by atoms with Gasteiger partial charge in [-0.2, -0.15) is 0 Å². The van der Waals surface area contributed by atoms with Gasteiger partial charge in [0, 0.05) is 0 Å². The summed E-state index contributed by atoms with van der Waals surface area (Å²) in [5.74, 6) is 0. The third-order valence-electron chi connectivity index (χ3n) is 3.29. The maximum atomic E-state index is 6.24. The molecule has 0 aromatic carbocycles. The Kier molecular flexibility index (Phi) is 11.4. The minimum absolute atomic E-state index is 0.151. The maximum Gasteiger partial charge on any atom is 0.105 e. The fraction of sp³-hybridized carbons (Fsp3) is 1.00. The van der Waals surface area contributed by atoms with Gasteiger partial charge in [0.1, 0.15) is 6.10 Å². The zero-order valence-corrected chi connectivity index (χ0v) is 18.2. The van der Waals surface area contributed by atoms with Gasteiger partial charge < -0.3 is 23.7 Å². The van der Waals surface area contributed by atoms with E-state index in [1.807, 2.05) is 69.2 Å². The van der Waals surface area contributed by atoms with Crippen LogP contribution in [0.2, 0.25) is 0 Å². The van der Waals surface area contributed by atoms with Gasteiger partial charge in [-0.05, 0) is 69.2 Å². The Morgan fingerprint density at radius 3 is 1.48 bits per heavy atom. The Bertz CT molecular complexity index is 337. The van der Waals surface area contributed by atoms with E-state index >= 15 is 0 Å². The van der Waals surface area contributed by atoms with Crippen LogP contribution in [0.4, 0.5) is 0 Å². The topological polar surface area (TPSA) is 46.2 Å². The molecule has 0 aliphatic heterocycles. The van der Waals surface area contributed by atoms with E-state index in [2.05, 4.69) is 0 Å². The molecule has 0 fully saturated rings. The van der Waals surface area contributed by atoms with E-state index in [9.17, 15) is 0 Å². The van der Waals surface area contributed by atoms with Crippen LogP contribution < -0.4 is 0 Å². The van der Waals surface area contributed by atoms with Crippen molar-refractivity contribution in [2.24, 2.45) is 0 Å². The van der Waals surface area contributed by atoms with E-state index in [0.717, 1.165) is 0 Å². The molecule has 0 aromatic rings. The van der Waals surface area contributed by atoms with E-state index < -0.39 is 5.60 Å². The third-order valence-corrected chi connectivity index (χ3v) is 3.29. The molecule has 25 heavy (non-hydrogen) atoms. The average molecular weight is 363 g/mol. The molecule has 0 amide bonds. The van der Waals surface area contributed by atoms with Gasteiger partial charge in [0.25, 0.3) is 0 Å². The van der Waals surface area contributed by atoms with E-state index in [0.29, 0.717) is 26.4 Å². The molecule has 0 N–H and O–H groups in total. The lowest BCUT2D eigenvalue weighted by Crippen LogP contribution is -2.43. The predicted molar refractivity (Wildman–Crippen MR) is 102 cm³/mol. The van der Waals surface area contributed by atoms with Crippen molar-refractivity contribution in [2.75, 3.05) is 26.4 Å². The van der Waals surface area contributed by atoms with Crippen molar-refractivity contribution in [3.8, 4) is 0 Å². The molecule has 1 unspecified atom stereocenters. The second-order valence-corrected chi connectivity index (χ2v) is 8.67. The summed E-state index contributed by atoms with van der Waals surface area (Å²) in [6, 6.07) is 0. The van der Waals surface area contributed by atoms with Crippen molar-refractivity contribution < 1.29 is 23.7 Å². The normalized spacial score (nSPS) is 14.8. The molecule has 0 bridgehead atoms. The molecular weight excluding hydrogens is 320 g/mol. The van der Waals surface area contributed by atoms with Crippen molar-refractivity contribution in [3.05, 3.63) is 0 Å². The summed E-state index contributed by atoms with van der Waals surface area (Å²) in [4.78, 5) is 0. The maximum absolute atomic E-state index is 6.24. The SMILES string of the molecule is CC(C)OCC(COC(C)(C)COC(C)C)OC(C)(C)COC(C)C. The zero-order chi connectivity index (χ0) is 19.7. The summed E-state index contributed by atoms with van der Waals surface area (Å²) in [6.45, 7) is 22.3. The molecule has 5 heteroatoms. The fourth-order valence-corrected chi connectivity index (χ4v) is 2.00. The first-order valence-electron chi connectivity index (χ1n) is 9.49. The van der Waals surface area contributed by atoms with Crippen LogP contribution in [0.25, 0.3) is 0 Å². The Hall–Kier alpha value is -0.200. The van der Waals surface area contributed by atoms with Crippen molar-refractivity contribution in [3.63, 3.8) is 0 Å². The lowest BCUT2D eigenvalue weighted by Gasteiger charge is -2.34. The molecule has 0 rings (SSSR count). The van der Waals surface area contributed by atoms with Crippen LogP contribution in [-0.4, -0.2) is 62.0 Å². The monoisotopic (exact) mass is 362 g/mol. The van der Waals surface area contributed by atoms with Gasteiger partial charge >= 0.3 is 0 Å². The molecule has 0 spiro atoms. The lowest BCUT2D eigenvalue weighted by atomic mass is 10.1. The first-order valence-corrected chi connectivity index (χ1v) is 9.49. The summed E-state index contributed by atoms with van der Waals surface area (Å²) >= 11 is 0. The highest BCUT2D eigenvalue weighted by atomic mass is 16.6. The second kappa shape index (κ2) is 11.5. The summed E-state index contributed by atoms with van der Waals surface area (Å²) < 4.78 is 29.5. The summed E-state index contributed by atoms with van der Waals surface area (Å²) in [5, 5.41) is 0. The molecule has 5 nitrogen and oxygen atoms in total. The van der Waals surface area contributed by atoms with Crippen molar-refractivity contribution in [1.29, 1.82) is 0 Å². The lowest BCUT2D eigenvalue weighted by molar-refractivity contribution is -0.180. The van der Waals surface area contributed by atoms with Crippen LogP contribution in [0, 0.1) is 0 Å². The molecule has 0 saturated heterocycles. The summed E-state index contributed by atoms with van der Waals surface area (Å²) in [5.41, 5.74) is -0.778. The van der Waals surface area contributed by atoms with Gasteiger partial charge in [-0.1, -0.05) is 0 Å². The average Bonchev–Trinajstić information content (AvgIpc) is 2.46. The zero-order valence-electron chi connectivity index (χ0n) is 18.2. The number of hydrogen-bond acceptors (Lipinski definition) is 5. The minimum atomic E-state index is -0.406. The molecule has 1 atom stereocenters. The quantitative estimate of drug-likeness (QED) is 0.463. The molecular formula is C20H42O5. The van der Waals surface area contributed by atoms with Gasteiger partial charge in [0.15, 0.2) is 0 Å². The highest BCUT2D eigenvalue weighted by molar-refractivity contribution is 4.74. The van der Waals surface area contributed by atoms with Gasteiger partial charge in [-0.25, -0.2) is 0 Å². The highest BCUT2D eigenvalue weighted by Crippen LogP contribution is 2.18. The Morgan fingerprint density at radius 1 is 0.600 bits per heavy atom. The van der Waals surface area contributed by atoms with E-state index in [4.69, 9.17) is 23.7 Å². The van der Waals surface area contributed by atoms with Crippen molar-refractivity contribution in [2.45, 2.75) is 105 Å². The Labute approximate surface area is 155 Å². The molecule has 0 aliphatic rings. The standard InChI is InChI=1S/C20H42O5/c1-15(2)21-11-18(25-20(9,10)14-23-17(5)6)12-24-19(7,8)13-22-16(3)4/h15-18H,11-14H2,1-10H3. The van der Waals surface area contributed by atoms with Crippen molar-refractivity contribution in [1.82, 2.24) is 0 Å². The third kappa shape index (κ3) is 14.6. The van der Waals surface area contributed by atoms with E-state index in [1.165, 1.54) is 0 Å². The highest BCUT2D eigenvalue weighted by Gasteiger charge is 2.28. The van der Waals surface area contributed by atoms with Crippen LogP contribution >= 0.6 is 0 Å². The van der Waals surface area contributed by atoms with Gasteiger partial charge in [0.2, 0.25) is 0 Å². The largest absolute Gasteiger partial charge is 0.376 e.